The molecular weight excluding hydrogens is 153 g/mol. The minimum atomic E-state index is -4.40. The van der Waals surface area contributed by atoms with Crippen LogP contribution >= 0.6 is 7.43 Å². The quantitative estimate of drug-likeness (QED) is 0.453. The molecule has 4 nitrogen and oxygen atoms in total. The van der Waals surface area contributed by atoms with Gasteiger partial charge in [-0.1, -0.05) is 0 Å². The SMILES string of the molecule is CCCCP(O)(O)(O)NC. The van der Waals surface area contributed by atoms with E-state index in [1.54, 1.807) is 0 Å². The van der Waals surface area contributed by atoms with E-state index in [1.807, 2.05) is 6.92 Å². The summed E-state index contributed by atoms with van der Waals surface area (Å²) in [4.78, 5) is 27.2. The first-order chi connectivity index (χ1) is 4.39. The summed E-state index contributed by atoms with van der Waals surface area (Å²) in [5.74, 6) is 0. The van der Waals surface area contributed by atoms with Gasteiger partial charge in [-0.3, -0.25) is 0 Å². The molecule has 0 bridgehead atoms. The Balaban J connectivity index is 3.84. The molecule has 0 radical (unpaired) electrons. The van der Waals surface area contributed by atoms with Gasteiger partial charge in [0, 0.05) is 0 Å². The molecule has 0 aromatic carbocycles. The Bertz CT molecular complexity index is 109. The molecule has 0 atom stereocenters. The average molecular weight is 169 g/mol. The second-order valence-electron chi connectivity index (χ2n) is 2.45. The van der Waals surface area contributed by atoms with E-state index in [1.165, 1.54) is 7.05 Å². The number of rotatable bonds is 4. The van der Waals surface area contributed by atoms with E-state index < -0.39 is 7.43 Å². The molecule has 0 aromatic heterocycles. The van der Waals surface area contributed by atoms with Crippen LogP contribution in [-0.2, 0) is 0 Å². The van der Waals surface area contributed by atoms with Crippen LogP contribution in [0.15, 0.2) is 0 Å². The Morgan fingerprint density at radius 3 is 2.10 bits per heavy atom. The first-order valence-corrected chi connectivity index (χ1v) is 5.63. The van der Waals surface area contributed by atoms with Crippen LogP contribution in [0, 0.1) is 0 Å². The van der Waals surface area contributed by atoms with Crippen molar-refractivity contribution < 1.29 is 14.7 Å². The molecule has 0 spiro atoms. The van der Waals surface area contributed by atoms with Crippen molar-refractivity contribution in [2.45, 2.75) is 19.8 Å². The molecule has 0 unspecified atom stereocenters. The number of unbranched alkanes of at least 4 members (excludes halogenated alkanes) is 1. The molecule has 0 amide bonds. The number of hydrogen-bond acceptors (Lipinski definition) is 4. The van der Waals surface area contributed by atoms with Gasteiger partial charge in [-0.05, 0) is 0 Å². The summed E-state index contributed by atoms with van der Waals surface area (Å²) in [6.45, 7) is 1.92. The predicted molar refractivity (Wildman–Crippen MR) is 42.4 cm³/mol. The molecule has 0 fully saturated rings. The summed E-state index contributed by atoms with van der Waals surface area (Å²) in [6, 6.07) is 0. The van der Waals surface area contributed by atoms with Crippen molar-refractivity contribution in [3.05, 3.63) is 0 Å². The van der Waals surface area contributed by atoms with Crippen molar-refractivity contribution in [1.29, 1.82) is 0 Å². The molecule has 0 aromatic rings. The van der Waals surface area contributed by atoms with Gasteiger partial charge >= 0.3 is 60.2 Å². The van der Waals surface area contributed by atoms with Gasteiger partial charge in [0.25, 0.3) is 0 Å². The average Bonchev–Trinajstić information content (AvgIpc) is 1.84. The molecule has 0 rings (SSSR count). The molecule has 10 heavy (non-hydrogen) atoms. The zero-order chi connectivity index (χ0) is 8.28. The molecule has 0 aliphatic heterocycles. The first-order valence-electron chi connectivity index (χ1n) is 3.35. The molecule has 64 valence electrons. The standard InChI is InChI=1S/C5H16NO3P/c1-3-4-5-10(7,8,9)6-2/h6-9H,3-5H2,1-2H3. The van der Waals surface area contributed by atoms with Crippen molar-refractivity contribution in [2.24, 2.45) is 0 Å². The van der Waals surface area contributed by atoms with Gasteiger partial charge in [-0.15, -0.1) is 0 Å². The zero-order valence-electron chi connectivity index (χ0n) is 6.41. The van der Waals surface area contributed by atoms with Crippen molar-refractivity contribution >= 4 is 7.43 Å². The van der Waals surface area contributed by atoms with Crippen LogP contribution in [0.2, 0.25) is 0 Å². The fourth-order valence-electron chi connectivity index (χ4n) is 0.561. The van der Waals surface area contributed by atoms with E-state index in [0.29, 0.717) is 6.42 Å². The number of nitrogens with one attached hydrogen (secondary N) is 1. The fourth-order valence-corrected chi connectivity index (χ4v) is 1.68. The van der Waals surface area contributed by atoms with E-state index in [0.717, 1.165) is 6.42 Å². The summed E-state index contributed by atoms with van der Waals surface area (Å²) in [6.07, 6.45) is 1.49. The van der Waals surface area contributed by atoms with Crippen molar-refractivity contribution in [3.8, 4) is 0 Å². The second-order valence-corrected chi connectivity index (χ2v) is 5.65. The van der Waals surface area contributed by atoms with Crippen LogP contribution in [0.1, 0.15) is 19.8 Å². The van der Waals surface area contributed by atoms with E-state index in [2.05, 4.69) is 5.09 Å². The topological polar surface area (TPSA) is 72.7 Å². The van der Waals surface area contributed by atoms with Crippen molar-refractivity contribution in [1.82, 2.24) is 5.09 Å². The first kappa shape index (κ1) is 10.3. The van der Waals surface area contributed by atoms with Crippen LogP contribution in [-0.4, -0.2) is 27.9 Å². The van der Waals surface area contributed by atoms with E-state index in [9.17, 15) is 0 Å². The van der Waals surface area contributed by atoms with Crippen molar-refractivity contribution in [3.63, 3.8) is 0 Å². The minimum absolute atomic E-state index is 0.0403. The fraction of sp³-hybridized carbons (Fsp3) is 1.00. The van der Waals surface area contributed by atoms with Crippen LogP contribution in [0.25, 0.3) is 0 Å². The van der Waals surface area contributed by atoms with Crippen LogP contribution < -0.4 is 5.09 Å². The van der Waals surface area contributed by atoms with Crippen LogP contribution in [0.3, 0.4) is 0 Å². The van der Waals surface area contributed by atoms with E-state index >= 15 is 0 Å². The van der Waals surface area contributed by atoms with Crippen LogP contribution in [0.5, 0.6) is 0 Å². The van der Waals surface area contributed by atoms with Gasteiger partial charge in [0.05, 0.1) is 0 Å². The molecule has 0 aliphatic rings. The number of hydrogen-bond donors (Lipinski definition) is 4. The maximum atomic E-state index is 9.05. The summed E-state index contributed by atoms with van der Waals surface area (Å²) in [5, 5.41) is 2.15. The van der Waals surface area contributed by atoms with Gasteiger partial charge in [-0.25, -0.2) is 0 Å². The Hall–Kier alpha value is 0.270. The third-order valence-electron chi connectivity index (χ3n) is 1.38. The Kier molecular flexibility index (Phi) is 3.20. The maximum absolute atomic E-state index is 9.05. The summed E-state index contributed by atoms with van der Waals surface area (Å²) in [7, 11) is -3.06. The van der Waals surface area contributed by atoms with Gasteiger partial charge in [-0.2, -0.15) is 0 Å². The third-order valence-corrected chi connectivity index (χ3v) is 3.44. The Labute approximate surface area is 61.1 Å². The zero-order valence-corrected chi connectivity index (χ0v) is 7.30. The molecule has 0 heterocycles. The molecule has 0 saturated heterocycles. The molecular formula is C5H16NO3P. The van der Waals surface area contributed by atoms with Crippen LogP contribution in [0.4, 0.5) is 0 Å². The van der Waals surface area contributed by atoms with Gasteiger partial charge < -0.3 is 0 Å². The van der Waals surface area contributed by atoms with Crippen molar-refractivity contribution in [2.75, 3.05) is 13.2 Å². The molecule has 4 N–H and O–H groups in total. The second kappa shape index (κ2) is 3.11. The molecule has 0 saturated carbocycles. The Morgan fingerprint density at radius 1 is 1.30 bits per heavy atom. The third kappa shape index (κ3) is 4.14. The van der Waals surface area contributed by atoms with Gasteiger partial charge in [0.2, 0.25) is 0 Å². The summed E-state index contributed by atoms with van der Waals surface area (Å²) < 4.78 is 0. The molecule has 5 heteroatoms. The van der Waals surface area contributed by atoms with Gasteiger partial charge in [0.15, 0.2) is 0 Å². The van der Waals surface area contributed by atoms with Gasteiger partial charge in [0.1, 0.15) is 0 Å². The normalized spacial score (nSPS) is 16.3. The monoisotopic (exact) mass is 169 g/mol. The predicted octanol–water partition coefficient (Wildman–Crippen LogP) is 0.196. The summed E-state index contributed by atoms with van der Waals surface area (Å²) in [5.41, 5.74) is 0. The summed E-state index contributed by atoms with van der Waals surface area (Å²) >= 11 is 0. The Morgan fingerprint density at radius 2 is 1.80 bits per heavy atom. The van der Waals surface area contributed by atoms with E-state index in [4.69, 9.17) is 14.7 Å². The molecule has 0 aliphatic carbocycles. The van der Waals surface area contributed by atoms with E-state index in [-0.39, 0.29) is 6.16 Å².